The van der Waals surface area contributed by atoms with E-state index in [9.17, 15) is 4.79 Å². The molecular weight excluding hydrogens is 392 g/mol. The van der Waals surface area contributed by atoms with Crippen LogP contribution < -0.4 is 10.6 Å². The highest BCUT2D eigenvalue weighted by Crippen LogP contribution is 2.35. The summed E-state index contributed by atoms with van der Waals surface area (Å²) in [6.45, 7) is 5.35. The van der Waals surface area contributed by atoms with Crippen molar-refractivity contribution in [2.24, 2.45) is 4.99 Å². The lowest BCUT2D eigenvalue weighted by Gasteiger charge is -2.21. The van der Waals surface area contributed by atoms with E-state index in [0.717, 1.165) is 45.7 Å². The number of aliphatic imine (C=N–C) groups is 1. The maximum atomic E-state index is 13.5. The van der Waals surface area contributed by atoms with E-state index in [-0.39, 0.29) is 5.91 Å². The van der Waals surface area contributed by atoms with Gasteiger partial charge >= 0.3 is 0 Å². The minimum absolute atomic E-state index is 0.112. The number of para-hydroxylation sites is 1. The summed E-state index contributed by atoms with van der Waals surface area (Å²) in [5.74, 6) is -0.112. The van der Waals surface area contributed by atoms with Crippen LogP contribution in [0.25, 0.3) is 15.8 Å². The Kier molecular flexibility index (Phi) is 5.77. The third-order valence-electron chi connectivity index (χ3n) is 4.93. The fraction of sp³-hybridized carbons (Fsp3) is 0.208. The first-order chi connectivity index (χ1) is 14.5. The summed E-state index contributed by atoms with van der Waals surface area (Å²) in [7, 11) is 0. The van der Waals surface area contributed by atoms with Gasteiger partial charge in [-0.15, -0.1) is 11.3 Å². The molecule has 6 heteroatoms. The molecule has 3 heterocycles. The number of hydrogen-bond donors (Lipinski definition) is 1. The summed E-state index contributed by atoms with van der Waals surface area (Å²) in [5, 5.41) is 0.815. The number of nitrogens with two attached hydrogens (primary N) is 1. The van der Waals surface area contributed by atoms with Crippen molar-refractivity contribution >= 4 is 50.6 Å². The van der Waals surface area contributed by atoms with E-state index < -0.39 is 0 Å². The molecule has 2 aromatic heterocycles. The van der Waals surface area contributed by atoms with E-state index in [1.807, 2.05) is 68.6 Å². The molecule has 0 spiro atoms. The second kappa shape index (κ2) is 8.63. The normalized spacial score (nSPS) is 13.2. The fourth-order valence-corrected chi connectivity index (χ4v) is 4.35. The zero-order valence-corrected chi connectivity index (χ0v) is 17.9. The van der Waals surface area contributed by atoms with Gasteiger partial charge in [-0.25, -0.2) is 4.98 Å². The summed E-state index contributed by atoms with van der Waals surface area (Å²) < 4.78 is 0. The Hall–Kier alpha value is -3.25. The minimum atomic E-state index is -0.112. The third-order valence-corrected chi connectivity index (χ3v) is 6.03. The summed E-state index contributed by atoms with van der Waals surface area (Å²) >= 11 is 1.35. The highest BCUT2D eigenvalue weighted by atomic mass is 32.1. The number of aromatic nitrogens is 1. The molecule has 1 aliphatic rings. The summed E-state index contributed by atoms with van der Waals surface area (Å²) in [6.07, 6.45) is 6.95. The van der Waals surface area contributed by atoms with Crippen LogP contribution >= 0.6 is 11.3 Å². The van der Waals surface area contributed by atoms with Gasteiger partial charge in [-0.1, -0.05) is 35.9 Å². The van der Waals surface area contributed by atoms with Gasteiger partial charge in [0.15, 0.2) is 0 Å². The molecule has 1 aliphatic heterocycles. The smallest absolute Gasteiger partial charge is 0.270 e. The Labute approximate surface area is 180 Å². The van der Waals surface area contributed by atoms with Crippen molar-refractivity contribution in [3.63, 3.8) is 0 Å². The monoisotopic (exact) mass is 416 g/mol. The number of benzene rings is 1. The number of anilines is 2. The van der Waals surface area contributed by atoms with E-state index in [2.05, 4.69) is 11.1 Å². The van der Waals surface area contributed by atoms with Crippen molar-refractivity contribution in [2.75, 3.05) is 23.7 Å². The average molecular weight is 417 g/mol. The van der Waals surface area contributed by atoms with Crippen molar-refractivity contribution in [3.8, 4) is 0 Å². The molecule has 0 aliphatic carbocycles. The van der Waals surface area contributed by atoms with Crippen LogP contribution in [0.4, 0.5) is 11.4 Å². The standard InChI is InChI=1S/C24H24N4OS/c1-16(2)12-14-28(18-8-4-3-5-9-18)24(29)22-21(25)19-10-11-20(27-23(19)30-22)17-7-6-13-26-15-17/h3-5,7-12,15H,6,13-14,25H2,1-2H3. The number of rotatable bonds is 5. The van der Waals surface area contributed by atoms with Crippen LogP contribution in [0.3, 0.4) is 0 Å². The number of nitrogen functional groups attached to an aromatic ring is 1. The summed E-state index contributed by atoms with van der Waals surface area (Å²) in [6, 6.07) is 13.6. The molecule has 0 saturated heterocycles. The molecule has 3 aromatic rings. The lowest BCUT2D eigenvalue weighted by Crippen LogP contribution is -2.31. The molecule has 5 nitrogen and oxygen atoms in total. The van der Waals surface area contributed by atoms with Crippen LogP contribution in [-0.2, 0) is 0 Å². The number of hydrogen-bond acceptors (Lipinski definition) is 5. The third kappa shape index (κ3) is 4.04. The molecule has 2 N–H and O–H groups in total. The van der Waals surface area contributed by atoms with Crippen LogP contribution in [0.15, 0.2) is 65.2 Å². The molecule has 1 aromatic carbocycles. The number of thiophene rings is 1. The molecule has 152 valence electrons. The Morgan fingerprint density at radius 1 is 1.20 bits per heavy atom. The number of amides is 1. The van der Waals surface area contributed by atoms with Crippen molar-refractivity contribution in [3.05, 3.63) is 70.8 Å². The maximum Gasteiger partial charge on any atom is 0.270 e. The van der Waals surface area contributed by atoms with Crippen molar-refractivity contribution in [1.82, 2.24) is 4.98 Å². The SMILES string of the molecule is CC(C)=CCN(C(=O)c1sc2nc(C3=CCCN=C3)ccc2c1N)c1ccccc1. The van der Waals surface area contributed by atoms with E-state index in [4.69, 9.17) is 10.7 Å². The molecule has 0 fully saturated rings. The van der Waals surface area contributed by atoms with Gasteiger partial charge in [0.05, 0.1) is 11.4 Å². The van der Waals surface area contributed by atoms with Crippen LogP contribution in [0.5, 0.6) is 0 Å². The highest BCUT2D eigenvalue weighted by molar-refractivity contribution is 7.21. The predicted molar refractivity (Wildman–Crippen MR) is 128 cm³/mol. The van der Waals surface area contributed by atoms with Gasteiger partial charge in [0, 0.05) is 36.0 Å². The number of allylic oxidation sites excluding steroid dienone is 2. The number of fused-ring (bicyclic) bond motifs is 1. The molecule has 0 atom stereocenters. The molecule has 0 unspecified atom stereocenters. The van der Waals surface area contributed by atoms with E-state index in [1.54, 1.807) is 4.90 Å². The van der Waals surface area contributed by atoms with Crippen LogP contribution in [0.2, 0.25) is 0 Å². The first-order valence-corrected chi connectivity index (χ1v) is 10.8. The van der Waals surface area contributed by atoms with Crippen molar-refractivity contribution < 1.29 is 4.79 Å². The van der Waals surface area contributed by atoms with Crippen LogP contribution in [0, 0.1) is 0 Å². The van der Waals surface area contributed by atoms with Gasteiger partial charge in [0.25, 0.3) is 5.91 Å². The lowest BCUT2D eigenvalue weighted by atomic mass is 10.1. The summed E-state index contributed by atoms with van der Waals surface area (Å²) in [4.78, 5) is 25.6. The number of dihydropyridines is 1. The van der Waals surface area contributed by atoms with Gasteiger partial charge < -0.3 is 10.6 Å². The largest absolute Gasteiger partial charge is 0.397 e. The van der Waals surface area contributed by atoms with Crippen LogP contribution in [0.1, 0.15) is 35.6 Å². The molecule has 0 radical (unpaired) electrons. The zero-order valence-electron chi connectivity index (χ0n) is 17.1. The molecule has 4 rings (SSSR count). The van der Waals surface area contributed by atoms with E-state index >= 15 is 0 Å². The fourth-order valence-electron chi connectivity index (χ4n) is 3.31. The summed E-state index contributed by atoms with van der Waals surface area (Å²) in [5.41, 5.74) is 10.8. The van der Waals surface area contributed by atoms with Gasteiger partial charge in [-0.2, -0.15) is 0 Å². The van der Waals surface area contributed by atoms with Gasteiger partial charge in [0.1, 0.15) is 9.71 Å². The van der Waals surface area contributed by atoms with E-state index in [0.29, 0.717) is 17.1 Å². The molecular formula is C24H24N4OS. The Morgan fingerprint density at radius 3 is 2.70 bits per heavy atom. The molecule has 0 saturated carbocycles. The maximum absolute atomic E-state index is 13.5. The quantitative estimate of drug-likeness (QED) is 0.570. The molecule has 30 heavy (non-hydrogen) atoms. The second-order valence-corrected chi connectivity index (χ2v) is 8.41. The topological polar surface area (TPSA) is 71.6 Å². The van der Waals surface area contributed by atoms with Crippen molar-refractivity contribution in [1.29, 1.82) is 0 Å². The molecule has 0 bridgehead atoms. The number of carbonyl (C=O) groups is 1. The molecule has 1 amide bonds. The second-order valence-electron chi connectivity index (χ2n) is 7.41. The van der Waals surface area contributed by atoms with Gasteiger partial charge in [-0.05, 0) is 44.5 Å². The number of nitrogens with zero attached hydrogens (tertiary/aromatic N) is 3. The first-order valence-electron chi connectivity index (χ1n) is 9.94. The van der Waals surface area contributed by atoms with E-state index in [1.165, 1.54) is 11.3 Å². The Bertz CT molecular complexity index is 1170. The predicted octanol–water partition coefficient (Wildman–Crippen LogP) is 5.35. The highest BCUT2D eigenvalue weighted by Gasteiger charge is 2.23. The number of pyridine rings is 1. The minimum Gasteiger partial charge on any atom is -0.397 e. The average Bonchev–Trinajstić information content (AvgIpc) is 3.11. The lowest BCUT2D eigenvalue weighted by molar-refractivity contribution is 0.0994. The Morgan fingerprint density at radius 2 is 2.00 bits per heavy atom. The van der Waals surface area contributed by atoms with Crippen molar-refractivity contribution in [2.45, 2.75) is 20.3 Å². The Balaban J connectivity index is 1.73. The van der Waals surface area contributed by atoms with Gasteiger partial charge in [-0.3, -0.25) is 9.79 Å². The van der Waals surface area contributed by atoms with Crippen LogP contribution in [-0.4, -0.2) is 30.2 Å². The van der Waals surface area contributed by atoms with Gasteiger partial charge in [0.2, 0.25) is 0 Å². The first kappa shape index (κ1) is 20.0. The number of carbonyl (C=O) groups excluding carboxylic acids is 1. The zero-order chi connectivity index (χ0) is 21.1.